The van der Waals surface area contributed by atoms with Gasteiger partial charge in [-0.2, -0.15) is 0 Å². The molecule has 104 valence electrons. The second-order valence-electron chi connectivity index (χ2n) is 4.25. The van der Waals surface area contributed by atoms with Crippen LogP contribution in [0.3, 0.4) is 0 Å². The molecule has 0 bridgehead atoms. The molecule has 2 rings (SSSR count). The van der Waals surface area contributed by atoms with Crippen molar-refractivity contribution in [2.45, 2.75) is 12.7 Å². The van der Waals surface area contributed by atoms with E-state index in [-0.39, 0.29) is 6.61 Å². The quantitative estimate of drug-likeness (QED) is 0.821. The Morgan fingerprint density at radius 1 is 1.15 bits per heavy atom. The van der Waals surface area contributed by atoms with Crippen LogP contribution in [0.4, 0.5) is 0 Å². The van der Waals surface area contributed by atoms with Crippen LogP contribution in [-0.2, 0) is 11.4 Å². The SMILES string of the molecule is COc1cccc(C(C=O)Oc2ccc(CO)cc2)c1. The van der Waals surface area contributed by atoms with Gasteiger partial charge in [0.2, 0.25) is 0 Å². The predicted octanol–water partition coefficient (Wildman–Crippen LogP) is 2.51. The molecule has 0 spiro atoms. The lowest BCUT2D eigenvalue weighted by molar-refractivity contribution is -0.113. The summed E-state index contributed by atoms with van der Waals surface area (Å²) in [6.07, 6.45) is 0.0550. The molecular formula is C16H16O4. The topological polar surface area (TPSA) is 55.8 Å². The van der Waals surface area contributed by atoms with Crippen molar-refractivity contribution >= 4 is 6.29 Å². The van der Waals surface area contributed by atoms with Crippen LogP contribution in [0.2, 0.25) is 0 Å². The third-order valence-corrected chi connectivity index (χ3v) is 2.91. The fraction of sp³-hybridized carbons (Fsp3) is 0.188. The van der Waals surface area contributed by atoms with Crippen LogP contribution in [0, 0.1) is 0 Å². The van der Waals surface area contributed by atoms with Crippen LogP contribution in [0.1, 0.15) is 17.2 Å². The molecular weight excluding hydrogens is 256 g/mol. The Morgan fingerprint density at radius 3 is 2.50 bits per heavy atom. The van der Waals surface area contributed by atoms with E-state index in [9.17, 15) is 4.79 Å². The normalized spacial score (nSPS) is 11.7. The Balaban J connectivity index is 2.16. The molecule has 1 N–H and O–H groups in total. The Hall–Kier alpha value is -2.33. The monoisotopic (exact) mass is 272 g/mol. The van der Waals surface area contributed by atoms with Gasteiger partial charge in [0.05, 0.1) is 13.7 Å². The van der Waals surface area contributed by atoms with E-state index in [1.807, 2.05) is 12.1 Å². The van der Waals surface area contributed by atoms with Gasteiger partial charge >= 0.3 is 0 Å². The highest BCUT2D eigenvalue weighted by Gasteiger charge is 2.13. The number of carbonyl (C=O) groups excluding carboxylic acids is 1. The maximum absolute atomic E-state index is 11.2. The Bertz CT molecular complexity index is 563. The molecule has 0 aromatic heterocycles. The molecule has 0 fully saturated rings. The lowest BCUT2D eigenvalue weighted by Crippen LogP contribution is -2.09. The summed E-state index contributed by atoms with van der Waals surface area (Å²) >= 11 is 0. The summed E-state index contributed by atoms with van der Waals surface area (Å²) < 4.78 is 10.8. The van der Waals surface area contributed by atoms with Gasteiger partial charge in [0, 0.05) is 5.56 Å². The van der Waals surface area contributed by atoms with E-state index in [0.29, 0.717) is 11.5 Å². The minimum absolute atomic E-state index is 0.0206. The first-order valence-corrected chi connectivity index (χ1v) is 6.22. The number of hydrogen-bond acceptors (Lipinski definition) is 4. The summed E-state index contributed by atoms with van der Waals surface area (Å²) in [5, 5.41) is 8.98. The molecule has 4 heteroatoms. The van der Waals surface area contributed by atoms with Crippen molar-refractivity contribution in [3.8, 4) is 11.5 Å². The van der Waals surface area contributed by atoms with Gasteiger partial charge in [-0.15, -0.1) is 0 Å². The molecule has 1 atom stereocenters. The lowest BCUT2D eigenvalue weighted by Gasteiger charge is -2.15. The Labute approximate surface area is 117 Å². The van der Waals surface area contributed by atoms with Crippen molar-refractivity contribution in [1.29, 1.82) is 0 Å². The minimum Gasteiger partial charge on any atom is -0.497 e. The van der Waals surface area contributed by atoms with Gasteiger partial charge < -0.3 is 14.6 Å². The summed E-state index contributed by atoms with van der Waals surface area (Å²) in [7, 11) is 1.57. The summed E-state index contributed by atoms with van der Waals surface area (Å²) in [6, 6.07) is 14.1. The Morgan fingerprint density at radius 2 is 1.90 bits per heavy atom. The fourth-order valence-electron chi connectivity index (χ4n) is 1.81. The zero-order valence-corrected chi connectivity index (χ0v) is 11.2. The molecule has 0 radical (unpaired) electrons. The highest BCUT2D eigenvalue weighted by molar-refractivity contribution is 5.61. The molecule has 0 amide bonds. The summed E-state index contributed by atoms with van der Waals surface area (Å²) in [6.45, 7) is -0.0206. The van der Waals surface area contributed by atoms with Crippen LogP contribution in [-0.4, -0.2) is 18.5 Å². The molecule has 0 aliphatic rings. The number of aliphatic hydroxyl groups excluding tert-OH is 1. The zero-order valence-electron chi connectivity index (χ0n) is 11.2. The number of rotatable bonds is 6. The van der Waals surface area contributed by atoms with E-state index >= 15 is 0 Å². The van der Waals surface area contributed by atoms with Gasteiger partial charge in [-0.05, 0) is 29.8 Å². The van der Waals surface area contributed by atoms with Crippen molar-refractivity contribution in [3.05, 3.63) is 59.7 Å². The van der Waals surface area contributed by atoms with Gasteiger partial charge in [-0.3, -0.25) is 4.79 Å². The Kier molecular flexibility index (Phi) is 4.74. The first kappa shape index (κ1) is 14.1. The number of methoxy groups -OCH3 is 1. The number of hydrogen-bond donors (Lipinski definition) is 1. The van der Waals surface area contributed by atoms with Crippen LogP contribution in [0.5, 0.6) is 11.5 Å². The van der Waals surface area contributed by atoms with E-state index in [2.05, 4.69) is 0 Å². The van der Waals surface area contributed by atoms with E-state index < -0.39 is 6.10 Å². The summed E-state index contributed by atoms with van der Waals surface area (Å²) in [4.78, 5) is 11.2. The zero-order chi connectivity index (χ0) is 14.4. The number of ether oxygens (including phenoxy) is 2. The van der Waals surface area contributed by atoms with E-state index in [4.69, 9.17) is 14.6 Å². The maximum Gasteiger partial charge on any atom is 0.179 e. The highest BCUT2D eigenvalue weighted by atomic mass is 16.5. The molecule has 2 aromatic carbocycles. The predicted molar refractivity (Wildman–Crippen MR) is 74.8 cm³/mol. The van der Waals surface area contributed by atoms with Crippen molar-refractivity contribution in [2.75, 3.05) is 7.11 Å². The van der Waals surface area contributed by atoms with Gasteiger partial charge in [0.1, 0.15) is 11.5 Å². The first-order chi connectivity index (χ1) is 9.76. The van der Waals surface area contributed by atoms with Gasteiger partial charge in [-0.1, -0.05) is 24.3 Å². The fourth-order valence-corrected chi connectivity index (χ4v) is 1.81. The molecule has 4 nitrogen and oxygen atoms in total. The van der Waals surface area contributed by atoms with Crippen molar-refractivity contribution in [1.82, 2.24) is 0 Å². The van der Waals surface area contributed by atoms with E-state index in [1.54, 1.807) is 43.5 Å². The van der Waals surface area contributed by atoms with Gasteiger partial charge in [-0.25, -0.2) is 0 Å². The second kappa shape index (κ2) is 6.73. The molecule has 2 aromatic rings. The standard InChI is InChI=1S/C16H16O4/c1-19-15-4-2-3-13(9-15)16(11-18)20-14-7-5-12(10-17)6-8-14/h2-9,11,16-17H,10H2,1H3. The maximum atomic E-state index is 11.2. The average Bonchev–Trinajstić information content (AvgIpc) is 2.53. The number of carbonyl (C=O) groups is 1. The highest BCUT2D eigenvalue weighted by Crippen LogP contribution is 2.23. The first-order valence-electron chi connectivity index (χ1n) is 6.22. The number of benzene rings is 2. The van der Waals surface area contributed by atoms with Crippen molar-refractivity contribution < 1.29 is 19.4 Å². The molecule has 0 heterocycles. The van der Waals surface area contributed by atoms with Crippen LogP contribution >= 0.6 is 0 Å². The van der Waals surface area contributed by atoms with E-state index in [1.165, 1.54) is 0 Å². The average molecular weight is 272 g/mol. The molecule has 0 aliphatic heterocycles. The van der Waals surface area contributed by atoms with Crippen molar-refractivity contribution in [3.63, 3.8) is 0 Å². The van der Waals surface area contributed by atoms with Crippen LogP contribution in [0.15, 0.2) is 48.5 Å². The smallest absolute Gasteiger partial charge is 0.179 e. The third kappa shape index (κ3) is 3.36. The third-order valence-electron chi connectivity index (χ3n) is 2.91. The van der Waals surface area contributed by atoms with Crippen molar-refractivity contribution in [2.24, 2.45) is 0 Å². The molecule has 0 saturated heterocycles. The minimum atomic E-state index is -0.690. The second-order valence-corrected chi connectivity index (χ2v) is 4.25. The molecule has 0 saturated carbocycles. The van der Waals surface area contributed by atoms with Crippen LogP contribution in [0.25, 0.3) is 0 Å². The molecule has 20 heavy (non-hydrogen) atoms. The number of aliphatic hydroxyl groups is 1. The van der Waals surface area contributed by atoms with Crippen LogP contribution < -0.4 is 9.47 Å². The molecule has 0 aliphatic carbocycles. The molecule has 1 unspecified atom stereocenters. The lowest BCUT2D eigenvalue weighted by atomic mass is 10.1. The summed E-state index contributed by atoms with van der Waals surface area (Å²) in [5.41, 5.74) is 1.52. The van der Waals surface area contributed by atoms with Gasteiger partial charge in [0.15, 0.2) is 12.4 Å². The largest absolute Gasteiger partial charge is 0.497 e. The van der Waals surface area contributed by atoms with Gasteiger partial charge in [0.25, 0.3) is 0 Å². The summed E-state index contributed by atoms with van der Waals surface area (Å²) in [5.74, 6) is 1.25. The van der Waals surface area contributed by atoms with E-state index in [0.717, 1.165) is 17.4 Å². The number of aldehydes is 1.